The first-order valence-corrected chi connectivity index (χ1v) is 10.9. The third-order valence-electron chi connectivity index (χ3n) is 4.84. The van der Waals surface area contributed by atoms with Crippen LogP contribution in [0, 0.1) is 6.92 Å². The number of pyridine rings is 1. The van der Waals surface area contributed by atoms with E-state index in [9.17, 15) is 4.79 Å². The average molecular weight is 433 g/mol. The van der Waals surface area contributed by atoms with Gasteiger partial charge in [-0.2, -0.15) is 0 Å². The Balaban J connectivity index is 1.28. The molecule has 156 valence electrons. The molecular weight excluding hydrogens is 414 g/mol. The molecule has 3 aromatic heterocycles. The Morgan fingerprint density at radius 2 is 2.10 bits per heavy atom. The van der Waals surface area contributed by atoms with Crippen molar-refractivity contribution in [2.24, 2.45) is 0 Å². The second-order valence-corrected chi connectivity index (χ2v) is 8.25. The van der Waals surface area contributed by atoms with Crippen molar-refractivity contribution in [1.29, 1.82) is 0 Å². The number of rotatable bonds is 7. The molecule has 4 aromatic rings. The normalized spacial score (nSPS) is 13.3. The first kappa shape index (κ1) is 19.4. The fourth-order valence-corrected chi connectivity index (χ4v) is 4.03. The van der Waals surface area contributed by atoms with Crippen LogP contribution in [0.3, 0.4) is 0 Å². The monoisotopic (exact) mass is 433 g/mol. The van der Waals surface area contributed by atoms with E-state index < -0.39 is 0 Å². The minimum atomic E-state index is -0.220. The molecule has 1 aliphatic rings. The van der Waals surface area contributed by atoms with Crippen LogP contribution in [0.15, 0.2) is 58.2 Å². The Hall–Kier alpha value is -3.53. The Labute approximate surface area is 182 Å². The first-order valence-electron chi connectivity index (χ1n) is 9.87. The van der Waals surface area contributed by atoms with Gasteiger partial charge in [0.1, 0.15) is 10.8 Å². The van der Waals surface area contributed by atoms with Crippen LogP contribution < -0.4 is 5.32 Å². The summed E-state index contributed by atoms with van der Waals surface area (Å²) in [6, 6.07) is 13.3. The first-order chi connectivity index (χ1) is 15.2. The highest BCUT2D eigenvalue weighted by molar-refractivity contribution is 7.98. The van der Waals surface area contributed by atoms with E-state index >= 15 is 0 Å². The van der Waals surface area contributed by atoms with Crippen LogP contribution in [0.5, 0.6) is 0 Å². The van der Waals surface area contributed by atoms with Gasteiger partial charge in [-0.05, 0) is 66.6 Å². The second-order valence-electron chi connectivity index (χ2n) is 7.28. The summed E-state index contributed by atoms with van der Waals surface area (Å²) in [7, 11) is 0. The summed E-state index contributed by atoms with van der Waals surface area (Å²) in [5, 5.41) is 19.6. The van der Waals surface area contributed by atoms with Gasteiger partial charge >= 0.3 is 0 Å². The fraction of sp³-hybridized carbons (Fsp3) is 0.238. The van der Waals surface area contributed by atoms with Crippen LogP contribution in [0.2, 0.25) is 0 Å². The predicted molar refractivity (Wildman–Crippen MR) is 115 cm³/mol. The van der Waals surface area contributed by atoms with E-state index in [1.54, 1.807) is 18.3 Å². The summed E-state index contributed by atoms with van der Waals surface area (Å²) in [6.07, 6.45) is 3.88. The molecule has 0 unspecified atom stereocenters. The lowest BCUT2D eigenvalue weighted by Crippen LogP contribution is -2.13. The number of nitrogens with one attached hydrogen (secondary N) is 1. The van der Waals surface area contributed by atoms with E-state index in [2.05, 4.69) is 31.0 Å². The van der Waals surface area contributed by atoms with Crippen LogP contribution in [0.4, 0.5) is 5.69 Å². The number of amides is 1. The van der Waals surface area contributed by atoms with Gasteiger partial charge in [0, 0.05) is 29.3 Å². The van der Waals surface area contributed by atoms with Crippen molar-refractivity contribution in [3.8, 4) is 11.4 Å². The minimum absolute atomic E-state index is 0.220. The summed E-state index contributed by atoms with van der Waals surface area (Å²) in [5.74, 6) is 1.85. The number of aromatic nitrogens is 6. The fourth-order valence-electron chi connectivity index (χ4n) is 3.16. The maximum Gasteiger partial charge on any atom is 0.258 e. The standard InChI is InChI=1S/C21H19N7O2S/c1-13-11-16(25-30-13)12-31-21-18(3-2-10-22-21)20(29)23-15-6-4-14(5-7-15)19-24-26-27-28(19)17-8-9-17/h2-7,10-11,17H,8-9,12H2,1H3,(H,23,29). The summed E-state index contributed by atoms with van der Waals surface area (Å²) in [6.45, 7) is 1.85. The number of anilines is 1. The molecule has 0 atom stereocenters. The third-order valence-corrected chi connectivity index (χ3v) is 5.87. The highest BCUT2D eigenvalue weighted by atomic mass is 32.2. The molecule has 1 aromatic carbocycles. The van der Waals surface area contributed by atoms with E-state index in [4.69, 9.17) is 4.52 Å². The van der Waals surface area contributed by atoms with Crippen molar-refractivity contribution >= 4 is 23.4 Å². The minimum Gasteiger partial charge on any atom is -0.361 e. The number of aryl methyl sites for hydroxylation is 1. The Morgan fingerprint density at radius 3 is 2.84 bits per heavy atom. The molecule has 1 amide bonds. The SMILES string of the molecule is Cc1cc(CSc2ncccc2C(=O)Nc2ccc(-c3nnnn3C3CC3)cc2)no1. The van der Waals surface area contributed by atoms with E-state index in [-0.39, 0.29) is 5.91 Å². The number of nitrogens with zero attached hydrogens (tertiary/aromatic N) is 6. The van der Waals surface area contributed by atoms with Crippen molar-refractivity contribution < 1.29 is 9.32 Å². The Morgan fingerprint density at radius 1 is 1.26 bits per heavy atom. The Bertz CT molecular complexity index is 1210. The van der Waals surface area contributed by atoms with E-state index in [1.807, 2.05) is 41.9 Å². The highest BCUT2D eigenvalue weighted by Gasteiger charge is 2.28. The lowest BCUT2D eigenvalue weighted by Gasteiger charge is -2.09. The number of tetrazole rings is 1. The van der Waals surface area contributed by atoms with Gasteiger partial charge < -0.3 is 9.84 Å². The number of thioether (sulfide) groups is 1. The van der Waals surface area contributed by atoms with Crippen molar-refractivity contribution in [2.75, 3.05) is 5.32 Å². The molecule has 0 spiro atoms. The van der Waals surface area contributed by atoms with Crippen molar-refractivity contribution in [3.05, 3.63) is 65.7 Å². The van der Waals surface area contributed by atoms with E-state index in [0.717, 1.165) is 35.7 Å². The summed E-state index contributed by atoms with van der Waals surface area (Å²) in [5.41, 5.74) is 2.92. The molecule has 1 N–H and O–H groups in total. The van der Waals surface area contributed by atoms with Gasteiger partial charge in [-0.1, -0.05) is 16.9 Å². The van der Waals surface area contributed by atoms with Crippen LogP contribution in [-0.2, 0) is 5.75 Å². The van der Waals surface area contributed by atoms with Gasteiger partial charge in [0.2, 0.25) is 0 Å². The van der Waals surface area contributed by atoms with Crippen LogP contribution in [0.1, 0.15) is 40.7 Å². The molecule has 0 aliphatic heterocycles. The molecule has 5 rings (SSSR count). The number of carbonyl (C=O) groups is 1. The topological polar surface area (TPSA) is 112 Å². The van der Waals surface area contributed by atoms with Crippen molar-refractivity contribution in [3.63, 3.8) is 0 Å². The number of benzene rings is 1. The summed E-state index contributed by atoms with van der Waals surface area (Å²) < 4.78 is 6.96. The molecule has 0 bridgehead atoms. The molecule has 1 saturated carbocycles. The van der Waals surface area contributed by atoms with E-state index in [0.29, 0.717) is 28.1 Å². The van der Waals surface area contributed by atoms with Crippen LogP contribution >= 0.6 is 11.8 Å². The molecular formula is C21H19N7O2S. The van der Waals surface area contributed by atoms with Gasteiger partial charge in [0.05, 0.1) is 17.3 Å². The van der Waals surface area contributed by atoms with Gasteiger partial charge in [0.25, 0.3) is 5.91 Å². The molecule has 31 heavy (non-hydrogen) atoms. The molecule has 1 aliphatic carbocycles. The number of carbonyl (C=O) groups excluding carboxylic acids is 1. The lowest BCUT2D eigenvalue weighted by molar-refractivity contribution is 0.102. The number of hydrogen-bond donors (Lipinski definition) is 1. The molecule has 10 heteroatoms. The quantitative estimate of drug-likeness (QED) is 0.437. The van der Waals surface area contributed by atoms with Crippen molar-refractivity contribution in [2.45, 2.75) is 36.6 Å². The molecule has 0 saturated heterocycles. The van der Waals surface area contributed by atoms with Gasteiger partial charge in [-0.3, -0.25) is 4.79 Å². The molecule has 3 heterocycles. The van der Waals surface area contributed by atoms with Gasteiger partial charge in [0.15, 0.2) is 5.82 Å². The zero-order valence-electron chi connectivity index (χ0n) is 16.7. The third kappa shape index (κ3) is 4.33. The predicted octanol–water partition coefficient (Wildman–Crippen LogP) is 3.91. The van der Waals surface area contributed by atoms with Gasteiger partial charge in [-0.25, -0.2) is 9.67 Å². The number of hydrogen-bond acceptors (Lipinski definition) is 8. The van der Waals surface area contributed by atoms with Crippen LogP contribution in [-0.4, -0.2) is 36.3 Å². The average Bonchev–Trinajstić information content (AvgIpc) is 3.36. The second kappa shape index (κ2) is 8.31. The molecule has 9 nitrogen and oxygen atoms in total. The van der Waals surface area contributed by atoms with Crippen molar-refractivity contribution in [1.82, 2.24) is 30.3 Å². The lowest BCUT2D eigenvalue weighted by atomic mass is 10.2. The Kier molecular flexibility index (Phi) is 5.21. The zero-order chi connectivity index (χ0) is 21.2. The summed E-state index contributed by atoms with van der Waals surface area (Å²) >= 11 is 1.44. The van der Waals surface area contributed by atoms with Crippen LogP contribution in [0.25, 0.3) is 11.4 Å². The highest BCUT2D eigenvalue weighted by Crippen LogP contribution is 2.36. The summed E-state index contributed by atoms with van der Waals surface area (Å²) in [4.78, 5) is 17.2. The molecule has 0 radical (unpaired) electrons. The van der Waals surface area contributed by atoms with Gasteiger partial charge in [-0.15, -0.1) is 5.10 Å². The smallest absolute Gasteiger partial charge is 0.258 e. The van der Waals surface area contributed by atoms with E-state index in [1.165, 1.54) is 11.8 Å². The maximum absolute atomic E-state index is 12.9. The molecule has 1 fully saturated rings. The zero-order valence-corrected chi connectivity index (χ0v) is 17.5. The largest absolute Gasteiger partial charge is 0.361 e. The maximum atomic E-state index is 12.9.